The standard InChI is InChI=1S/C27H23Cl2N3O2S2/c28-21-8-5-19(24(29)13-21)15-32-16-20(23-3-1-2-4-25(23)32)14-30-31-26(33)17-34-22-9-6-18(7-10-22)27-35-11-12-36-27/h1-10,13-14,16,27H,11-12,15,17H2,(H,31,33)/b30-14-. The fourth-order valence-corrected chi connectivity index (χ4v) is 7.30. The third-order valence-corrected chi connectivity index (χ3v) is 9.40. The molecular weight excluding hydrogens is 533 g/mol. The zero-order valence-electron chi connectivity index (χ0n) is 19.2. The zero-order valence-corrected chi connectivity index (χ0v) is 22.3. The molecule has 2 heterocycles. The number of carbonyl (C=O) groups is 1. The third-order valence-electron chi connectivity index (χ3n) is 5.71. The van der Waals surface area contributed by atoms with Gasteiger partial charge in [-0.3, -0.25) is 4.79 Å². The minimum absolute atomic E-state index is 0.111. The SMILES string of the molecule is O=C(COc1ccc(C2SCCS2)cc1)N/N=C\c1cn(Cc2ccc(Cl)cc2Cl)c2ccccc12. The normalized spacial score (nSPS) is 14.1. The van der Waals surface area contributed by atoms with Gasteiger partial charge in [0.25, 0.3) is 5.91 Å². The van der Waals surface area contributed by atoms with Gasteiger partial charge >= 0.3 is 0 Å². The van der Waals surface area contributed by atoms with Gasteiger partial charge in [0.1, 0.15) is 5.75 Å². The van der Waals surface area contributed by atoms with Crippen molar-refractivity contribution in [3.63, 3.8) is 0 Å². The van der Waals surface area contributed by atoms with Gasteiger partial charge in [-0.2, -0.15) is 5.10 Å². The number of hydrogen-bond donors (Lipinski definition) is 1. The van der Waals surface area contributed by atoms with Crippen LogP contribution in [-0.2, 0) is 11.3 Å². The molecular formula is C27H23Cl2N3O2S2. The van der Waals surface area contributed by atoms with Gasteiger partial charge in [0.2, 0.25) is 0 Å². The first-order valence-electron chi connectivity index (χ1n) is 11.4. The molecule has 1 amide bonds. The molecule has 3 aromatic carbocycles. The van der Waals surface area contributed by atoms with E-state index in [1.807, 2.05) is 78.3 Å². The summed E-state index contributed by atoms with van der Waals surface area (Å²) in [5.74, 6) is 2.71. The summed E-state index contributed by atoms with van der Waals surface area (Å²) in [6, 6.07) is 21.5. The molecule has 5 rings (SSSR count). The number of fused-ring (bicyclic) bond motifs is 1. The van der Waals surface area contributed by atoms with Crippen LogP contribution in [-0.4, -0.2) is 34.8 Å². The van der Waals surface area contributed by atoms with Gasteiger partial charge in [-0.1, -0.05) is 59.6 Å². The first-order valence-corrected chi connectivity index (χ1v) is 14.2. The lowest BCUT2D eigenvalue weighted by Gasteiger charge is -2.10. The van der Waals surface area contributed by atoms with Crippen molar-refractivity contribution in [3.8, 4) is 5.75 Å². The third kappa shape index (κ3) is 6.03. The lowest BCUT2D eigenvalue weighted by atomic mass is 10.2. The number of nitrogens with one attached hydrogen (secondary N) is 1. The molecule has 0 radical (unpaired) electrons. The summed E-state index contributed by atoms with van der Waals surface area (Å²) in [7, 11) is 0. The lowest BCUT2D eigenvalue weighted by molar-refractivity contribution is -0.123. The van der Waals surface area contributed by atoms with E-state index in [1.54, 1.807) is 12.3 Å². The Balaban J connectivity index is 1.20. The number of hydrogen-bond acceptors (Lipinski definition) is 5. The highest BCUT2D eigenvalue weighted by Crippen LogP contribution is 2.45. The first-order chi connectivity index (χ1) is 17.6. The van der Waals surface area contributed by atoms with E-state index in [1.165, 1.54) is 17.1 Å². The van der Waals surface area contributed by atoms with E-state index in [-0.39, 0.29) is 12.5 Å². The molecule has 0 spiro atoms. The highest BCUT2D eigenvalue weighted by atomic mass is 35.5. The monoisotopic (exact) mass is 555 g/mol. The molecule has 184 valence electrons. The van der Waals surface area contributed by atoms with Crippen LogP contribution in [0.4, 0.5) is 0 Å². The van der Waals surface area contributed by atoms with Crippen molar-refractivity contribution in [3.05, 3.63) is 99.7 Å². The second-order valence-electron chi connectivity index (χ2n) is 8.19. The molecule has 0 saturated carbocycles. The number of halogens is 2. The Morgan fingerprint density at radius 3 is 2.64 bits per heavy atom. The molecule has 1 aliphatic heterocycles. The summed E-state index contributed by atoms with van der Waals surface area (Å²) in [4.78, 5) is 12.3. The van der Waals surface area contributed by atoms with Crippen molar-refractivity contribution in [1.82, 2.24) is 9.99 Å². The van der Waals surface area contributed by atoms with Crippen LogP contribution in [0, 0.1) is 0 Å². The molecule has 4 aromatic rings. The predicted octanol–water partition coefficient (Wildman–Crippen LogP) is 7.00. The summed E-state index contributed by atoms with van der Waals surface area (Å²) in [5, 5.41) is 6.40. The number of carbonyl (C=O) groups excluding carboxylic acids is 1. The van der Waals surface area contributed by atoms with Crippen LogP contribution in [0.15, 0.2) is 78.0 Å². The molecule has 36 heavy (non-hydrogen) atoms. The van der Waals surface area contributed by atoms with Gasteiger partial charge in [0, 0.05) is 50.8 Å². The number of nitrogens with zero attached hydrogens (tertiary/aromatic N) is 2. The first kappa shape index (κ1) is 25.1. The van der Waals surface area contributed by atoms with Crippen LogP contribution < -0.4 is 10.2 Å². The summed E-state index contributed by atoms with van der Waals surface area (Å²) in [6.45, 7) is 0.474. The Morgan fingerprint density at radius 2 is 1.86 bits per heavy atom. The van der Waals surface area contributed by atoms with Gasteiger partial charge in [-0.25, -0.2) is 5.43 Å². The molecule has 0 unspecified atom stereocenters. The van der Waals surface area contributed by atoms with Crippen LogP contribution in [0.3, 0.4) is 0 Å². The van der Waals surface area contributed by atoms with Crippen molar-refractivity contribution in [1.29, 1.82) is 0 Å². The average Bonchev–Trinajstić information content (AvgIpc) is 3.54. The summed E-state index contributed by atoms with van der Waals surface area (Å²) in [5.41, 5.74) is 6.72. The van der Waals surface area contributed by atoms with Crippen molar-refractivity contribution in [2.45, 2.75) is 11.1 Å². The number of amides is 1. The molecule has 1 saturated heterocycles. The maximum absolute atomic E-state index is 12.3. The largest absolute Gasteiger partial charge is 0.484 e. The van der Waals surface area contributed by atoms with E-state index in [0.717, 1.165) is 22.0 Å². The summed E-state index contributed by atoms with van der Waals surface area (Å²) < 4.78 is 8.21. The van der Waals surface area contributed by atoms with E-state index < -0.39 is 0 Å². The van der Waals surface area contributed by atoms with Crippen molar-refractivity contribution < 1.29 is 9.53 Å². The predicted molar refractivity (Wildman–Crippen MR) is 153 cm³/mol. The van der Waals surface area contributed by atoms with E-state index >= 15 is 0 Å². The number of benzene rings is 3. The van der Waals surface area contributed by atoms with Gasteiger partial charge in [-0.05, 0) is 41.5 Å². The second-order valence-corrected chi connectivity index (χ2v) is 11.8. The Labute approximate surface area is 228 Å². The van der Waals surface area contributed by atoms with Gasteiger partial charge in [-0.15, -0.1) is 23.5 Å². The molecule has 9 heteroatoms. The minimum Gasteiger partial charge on any atom is -0.484 e. The number of rotatable bonds is 8. The Kier molecular flexibility index (Phi) is 8.12. The van der Waals surface area contributed by atoms with Crippen molar-refractivity contribution in [2.75, 3.05) is 18.1 Å². The van der Waals surface area contributed by atoms with Crippen LogP contribution >= 0.6 is 46.7 Å². The van der Waals surface area contributed by atoms with E-state index in [2.05, 4.69) is 27.2 Å². The average molecular weight is 557 g/mol. The molecule has 1 aromatic heterocycles. The Bertz CT molecular complexity index is 1400. The second kappa shape index (κ2) is 11.6. The molecule has 1 fully saturated rings. The molecule has 5 nitrogen and oxygen atoms in total. The Hall–Kier alpha value is -2.58. The smallest absolute Gasteiger partial charge is 0.277 e. The molecule has 0 bridgehead atoms. The highest BCUT2D eigenvalue weighted by molar-refractivity contribution is 8.19. The van der Waals surface area contributed by atoms with Crippen LogP contribution in [0.25, 0.3) is 10.9 Å². The number of para-hydroxylation sites is 1. The molecule has 0 atom stereocenters. The maximum Gasteiger partial charge on any atom is 0.277 e. The van der Waals surface area contributed by atoms with Gasteiger partial charge in [0.05, 0.1) is 10.8 Å². The lowest BCUT2D eigenvalue weighted by Crippen LogP contribution is -2.24. The van der Waals surface area contributed by atoms with Gasteiger partial charge in [0.15, 0.2) is 6.61 Å². The number of thioether (sulfide) groups is 2. The van der Waals surface area contributed by atoms with Gasteiger partial charge < -0.3 is 9.30 Å². The number of ether oxygens (including phenoxy) is 1. The Morgan fingerprint density at radius 1 is 1.08 bits per heavy atom. The van der Waals surface area contributed by atoms with E-state index in [4.69, 9.17) is 27.9 Å². The quantitative estimate of drug-likeness (QED) is 0.188. The van der Waals surface area contributed by atoms with E-state index in [0.29, 0.717) is 26.9 Å². The van der Waals surface area contributed by atoms with Crippen LogP contribution in [0.5, 0.6) is 5.75 Å². The van der Waals surface area contributed by atoms with Crippen LogP contribution in [0.1, 0.15) is 21.3 Å². The molecule has 1 aliphatic rings. The fraction of sp³-hybridized carbons (Fsp3) is 0.185. The minimum atomic E-state index is -0.325. The zero-order chi connectivity index (χ0) is 24.9. The fourth-order valence-electron chi connectivity index (χ4n) is 3.97. The topological polar surface area (TPSA) is 55.6 Å². The maximum atomic E-state index is 12.3. The number of aromatic nitrogens is 1. The van der Waals surface area contributed by atoms with E-state index in [9.17, 15) is 4.79 Å². The van der Waals surface area contributed by atoms with Crippen LogP contribution in [0.2, 0.25) is 10.0 Å². The summed E-state index contributed by atoms with van der Waals surface area (Å²) >= 11 is 16.3. The molecule has 0 aliphatic carbocycles. The number of hydrazone groups is 1. The summed E-state index contributed by atoms with van der Waals surface area (Å²) in [6.07, 6.45) is 3.64. The highest BCUT2D eigenvalue weighted by Gasteiger charge is 2.18. The van der Waals surface area contributed by atoms with Crippen molar-refractivity contribution >= 4 is 69.8 Å². The van der Waals surface area contributed by atoms with Crippen molar-refractivity contribution in [2.24, 2.45) is 5.10 Å². The molecule has 1 N–H and O–H groups in total.